The number of furan rings is 4. The van der Waals surface area contributed by atoms with Crippen molar-refractivity contribution < 1.29 is 17.7 Å². The average molecular weight is 1510 g/mol. The fourth-order valence-corrected chi connectivity index (χ4v) is 20.4. The molecule has 0 radical (unpaired) electrons. The van der Waals surface area contributed by atoms with E-state index >= 15 is 0 Å². The van der Waals surface area contributed by atoms with E-state index in [0.29, 0.717) is 0 Å². The Labute approximate surface area is 682 Å². The molecule has 4 nitrogen and oxygen atoms in total. The molecule has 0 bridgehead atoms. The summed E-state index contributed by atoms with van der Waals surface area (Å²) in [7, 11) is 0. The van der Waals surface area contributed by atoms with Crippen LogP contribution < -0.4 is 0 Å². The van der Waals surface area contributed by atoms with Gasteiger partial charge in [-0.2, -0.15) is 0 Å². The van der Waals surface area contributed by atoms with Gasteiger partial charge in [-0.05, 0) is 321 Å². The molecule has 0 fully saturated rings. The Morgan fingerprint density at radius 1 is 0.153 bits per heavy atom. The van der Waals surface area contributed by atoms with Crippen molar-refractivity contribution in [2.45, 2.75) is 69.2 Å². The van der Waals surface area contributed by atoms with Crippen LogP contribution in [0.2, 0.25) is 0 Å². The smallest absolute Gasteiger partial charge is 0.143 e. The summed E-state index contributed by atoms with van der Waals surface area (Å²) >= 11 is 0. The van der Waals surface area contributed by atoms with Gasteiger partial charge in [0.1, 0.15) is 44.7 Å². The summed E-state index contributed by atoms with van der Waals surface area (Å²) in [5.74, 6) is 0. The second-order valence-corrected chi connectivity index (χ2v) is 33.4. The zero-order valence-corrected chi connectivity index (χ0v) is 67.5. The van der Waals surface area contributed by atoms with Crippen LogP contribution in [0.15, 0.2) is 321 Å². The zero-order chi connectivity index (χ0) is 79.4. The van der Waals surface area contributed by atoms with Crippen LogP contribution in [0.25, 0.3) is 241 Å². The molecule has 0 amide bonds. The number of aryl methyl sites for hydroxylation is 10. The molecule has 0 N–H and O–H groups in total. The van der Waals surface area contributed by atoms with E-state index in [2.05, 4.69) is 373 Å². The number of hydrogen-bond acceptors (Lipinski definition) is 4. The predicted molar refractivity (Wildman–Crippen MR) is 500 cm³/mol. The fraction of sp³-hybridized carbons (Fsp3) is 0.0877. The second-order valence-electron chi connectivity index (χ2n) is 33.4. The quantitative estimate of drug-likeness (QED) is 0.142. The maximum atomic E-state index is 7.11. The molecule has 0 unspecified atom stereocenters. The van der Waals surface area contributed by atoms with Gasteiger partial charge in [-0.25, -0.2) is 0 Å². The van der Waals surface area contributed by atoms with Gasteiger partial charge in [0.25, 0.3) is 0 Å². The highest BCUT2D eigenvalue weighted by Gasteiger charge is 2.30. The Bertz CT molecular complexity index is 7790. The van der Waals surface area contributed by atoms with Crippen LogP contribution in [0.1, 0.15) is 55.6 Å². The molecule has 0 atom stereocenters. The fourth-order valence-electron chi connectivity index (χ4n) is 20.4. The number of rotatable bonds is 8. The van der Waals surface area contributed by atoms with Gasteiger partial charge < -0.3 is 17.7 Å². The Morgan fingerprint density at radius 3 is 0.593 bits per heavy atom. The Balaban J connectivity index is 0.000000138. The second kappa shape index (κ2) is 26.1. The lowest BCUT2D eigenvalue weighted by atomic mass is 9.81. The molecule has 0 saturated carbocycles. The molecule has 4 aromatic heterocycles. The van der Waals surface area contributed by atoms with Gasteiger partial charge in [0, 0.05) is 86.2 Å². The summed E-state index contributed by atoms with van der Waals surface area (Å²) in [5.41, 5.74) is 38.9. The molecule has 0 aliphatic heterocycles. The summed E-state index contributed by atoms with van der Waals surface area (Å²) in [6.07, 6.45) is 0. The number of fused-ring (bicyclic) bond motifs is 16. The van der Waals surface area contributed by atoms with E-state index in [-0.39, 0.29) is 0 Å². The molecule has 0 aliphatic rings. The van der Waals surface area contributed by atoms with Crippen molar-refractivity contribution in [3.8, 4) is 89.0 Å². The molecule has 0 aliphatic carbocycles. The van der Waals surface area contributed by atoms with Crippen LogP contribution >= 0.6 is 0 Å². The maximum absolute atomic E-state index is 7.11. The van der Waals surface area contributed by atoms with Crippen molar-refractivity contribution in [3.05, 3.63) is 359 Å². The van der Waals surface area contributed by atoms with E-state index in [1.165, 1.54) is 165 Å². The van der Waals surface area contributed by atoms with Crippen molar-refractivity contribution in [2.75, 3.05) is 0 Å². The first-order valence-corrected chi connectivity index (χ1v) is 41.1. The number of benzene rings is 20. The van der Waals surface area contributed by atoms with Gasteiger partial charge in [0.15, 0.2) is 0 Å². The van der Waals surface area contributed by atoms with Crippen molar-refractivity contribution in [1.82, 2.24) is 0 Å². The largest absolute Gasteiger partial charge is 0.455 e. The van der Waals surface area contributed by atoms with Crippen LogP contribution in [0.3, 0.4) is 0 Å². The van der Waals surface area contributed by atoms with Crippen LogP contribution in [0, 0.1) is 69.2 Å². The van der Waals surface area contributed by atoms with Gasteiger partial charge in [-0.1, -0.05) is 217 Å². The van der Waals surface area contributed by atoms with Crippen molar-refractivity contribution >= 4 is 152 Å². The van der Waals surface area contributed by atoms with Gasteiger partial charge in [-0.15, -0.1) is 0 Å². The van der Waals surface area contributed by atoms with Crippen LogP contribution in [-0.2, 0) is 0 Å². The Hall–Kier alpha value is -14.3. The van der Waals surface area contributed by atoms with Gasteiger partial charge >= 0.3 is 0 Å². The lowest BCUT2D eigenvalue weighted by Gasteiger charge is -2.21. The monoisotopic (exact) mass is 1510 g/mol. The molecular weight excluding hydrogens is 1430 g/mol. The highest BCUT2D eigenvalue weighted by atomic mass is 16.3. The van der Waals surface area contributed by atoms with E-state index in [1.807, 2.05) is 0 Å². The third-order valence-electron chi connectivity index (χ3n) is 26.0. The topological polar surface area (TPSA) is 52.6 Å². The van der Waals surface area contributed by atoms with Crippen molar-refractivity contribution in [2.24, 2.45) is 0 Å². The summed E-state index contributed by atoms with van der Waals surface area (Å²) < 4.78 is 28.4. The van der Waals surface area contributed by atoms with E-state index < -0.39 is 0 Å². The normalized spacial score (nSPS) is 12.2. The summed E-state index contributed by atoms with van der Waals surface area (Å²) in [4.78, 5) is 0. The average Bonchev–Trinajstić information content (AvgIpc) is 1.34. The highest BCUT2D eigenvalue weighted by molar-refractivity contribution is 6.41. The molecule has 4 heteroatoms. The SMILES string of the molecule is Cc1ccc(-c2ccc3c(c2)oc2c3cc3c(-c4c(C)cccc4C)cc4c5oc6cc(-c7ccc(C)cc7)ccc6c5cc5c(-c6c(C)cccc6C)cc2c3c54)cc1.Cc1cccc(C)c1-c1cc2c3oc4cc(-c5ccccc5)ccc4c3cc3c(-c4c(C)cccc4C)cc4c5oc6cc(-c7ccccc7)ccc6c5cc1c4c32. The lowest BCUT2D eigenvalue weighted by Crippen LogP contribution is -1.96. The van der Waals surface area contributed by atoms with Gasteiger partial charge in [0.2, 0.25) is 0 Å². The summed E-state index contributed by atoms with van der Waals surface area (Å²) in [6, 6.07) is 111. The van der Waals surface area contributed by atoms with E-state index in [4.69, 9.17) is 17.7 Å². The van der Waals surface area contributed by atoms with Crippen LogP contribution in [-0.4, -0.2) is 0 Å². The van der Waals surface area contributed by atoms with Crippen LogP contribution in [0.5, 0.6) is 0 Å². The summed E-state index contributed by atoms with van der Waals surface area (Å²) in [6.45, 7) is 22.2. The van der Waals surface area contributed by atoms with Gasteiger partial charge in [0.05, 0.1) is 0 Å². The Kier molecular flexibility index (Phi) is 15.3. The van der Waals surface area contributed by atoms with Crippen LogP contribution in [0.4, 0.5) is 0 Å². The third-order valence-corrected chi connectivity index (χ3v) is 26.0. The summed E-state index contributed by atoms with van der Waals surface area (Å²) in [5, 5.41) is 23.2. The molecule has 118 heavy (non-hydrogen) atoms. The highest BCUT2D eigenvalue weighted by Crippen LogP contribution is 2.56. The first-order valence-electron chi connectivity index (χ1n) is 41.1. The molecule has 0 spiro atoms. The third kappa shape index (κ3) is 10.5. The standard InChI is InChI=1S/C58H42O2.C56H38O2/c1-31-13-17-37(18-14-31)39-21-23-41-47-27-45-44(54-35(5)11-8-12-36(54)6)30-50-56-46(28-48-42-24-22-40(26-52(42)60-58(48)50)38-19-15-32(2)16-20-38)43(53-33(3)9-7-10-34(53)4)29-49(55(45)56)57(47)59-51(41)25-39;1-31-13-11-14-32(2)51(31)41-29-47-54-44(28-46-40-24-22-38(26-50(40)57-55(46)47)36-19-9-6-10-20-36)42(52-33(3)15-12-16-34(52)4)30-48-53(54)43(41)27-45-39-23-21-37(25-49(39)58-56(45)48)35-17-7-5-8-18-35/h7-30H,1-6H3;5-30H,1-4H3. The van der Waals surface area contributed by atoms with Gasteiger partial charge in [-0.3, -0.25) is 0 Å². The molecule has 20 aromatic carbocycles. The molecule has 0 saturated heterocycles. The Morgan fingerprint density at radius 2 is 0.364 bits per heavy atom. The minimum absolute atomic E-state index is 0.891. The molecule has 24 aromatic rings. The lowest BCUT2D eigenvalue weighted by molar-refractivity contribution is 0.672. The van der Waals surface area contributed by atoms with E-state index in [9.17, 15) is 0 Å². The van der Waals surface area contributed by atoms with E-state index in [0.717, 1.165) is 132 Å². The molecular formula is C114H80O4. The first kappa shape index (κ1) is 69.2. The van der Waals surface area contributed by atoms with E-state index in [1.54, 1.807) is 0 Å². The molecule has 24 rings (SSSR count). The predicted octanol–water partition coefficient (Wildman–Crippen LogP) is 33.2. The maximum Gasteiger partial charge on any atom is 0.143 e. The molecule has 560 valence electrons. The minimum Gasteiger partial charge on any atom is -0.455 e. The minimum atomic E-state index is 0.891. The molecule has 4 heterocycles. The van der Waals surface area contributed by atoms with Crippen molar-refractivity contribution in [1.29, 1.82) is 0 Å². The first-order chi connectivity index (χ1) is 57.6. The van der Waals surface area contributed by atoms with Crippen molar-refractivity contribution in [3.63, 3.8) is 0 Å². The zero-order valence-electron chi connectivity index (χ0n) is 67.5. The number of hydrogen-bond donors (Lipinski definition) is 0.